The Balaban J connectivity index is 0.00000256. The van der Waals surface area contributed by atoms with Crippen molar-refractivity contribution in [3.8, 4) is 0 Å². The van der Waals surface area contributed by atoms with Crippen molar-refractivity contribution in [2.45, 2.75) is 4.08 Å². The van der Waals surface area contributed by atoms with E-state index in [2.05, 4.69) is 0 Å². The second kappa shape index (κ2) is 9.61. The fourth-order valence-corrected chi connectivity index (χ4v) is 6.75. The summed E-state index contributed by atoms with van der Waals surface area (Å²) in [7, 11) is -10.8. The van der Waals surface area contributed by atoms with Crippen LogP contribution in [0.5, 0.6) is 0 Å². The first-order valence-electron chi connectivity index (χ1n) is 8.58. The van der Waals surface area contributed by atoms with E-state index in [1.807, 2.05) is 0 Å². The Morgan fingerprint density at radius 2 is 0.871 bits per heavy atom. The van der Waals surface area contributed by atoms with Crippen molar-refractivity contribution in [3.63, 3.8) is 0 Å². The average molecular weight is 476 g/mol. The first kappa shape index (κ1) is 26.5. The molecule has 0 aromatic heterocycles. The van der Waals surface area contributed by atoms with E-state index in [9.17, 15) is 25.9 Å². The van der Waals surface area contributed by atoms with Crippen LogP contribution in [0.15, 0.2) is 84.9 Å². The summed E-state index contributed by atoms with van der Waals surface area (Å²) in [6, 6.07) is 22.0. The first-order chi connectivity index (χ1) is 13.7. The summed E-state index contributed by atoms with van der Waals surface area (Å²) in [6.07, 6.45) is 0. The molecule has 0 fully saturated rings. The minimum absolute atomic E-state index is 0. The molecule has 10 heteroatoms. The van der Waals surface area contributed by atoms with Crippen LogP contribution in [0.2, 0.25) is 0 Å². The van der Waals surface area contributed by atoms with Gasteiger partial charge in [0, 0.05) is 11.1 Å². The Labute approximate surface area is 227 Å². The number of benzene rings is 4. The van der Waals surface area contributed by atoms with Crippen LogP contribution in [0.4, 0.5) is 0 Å². The molecule has 4 rings (SSSR count). The van der Waals surface area contributed by atoms with Gasteiger partial charge in [-0.05, 0) is 21.5 Å². The molecule has 6 nitrogen and oxygen atoms in total. The summed E-state index contributed by atoms with van der Waals surface area (Å²) in [4.78, 5) is 0. The van der Waals surface area contributed by atoms with E-state index in [4.69, 9.17) is 0 Å². The topological polar surface area (TPSA) is 109 Å². The summed E-state index contributed by atoms with van der Waals surface area (Å²) in [5.74, 6) is 0. The van der Waals surface area contributed by atoms with Crippen LogP contribution in [0.1, 0.15) is 14.0 Å². The predicted molar refractivity (Wildman–Crippen MR) is 114 cm³/mol. The predicted octanol–water partition coefficient (Wildman–Crippen LogP) is -1.80. The SMILES string of the molecule is O=S(=O)(O)C(c1cccc2ccccc12)(c1cccc2ccccc12)S(=O)(=O)O.[H-].[H-].[Na+].[Na+]. The largest absolute Gasteiger partial charge is 1.00 e. The third-order valence-electron chi connectivity index (χ3n) is 5.01. The van der Waals surface area contributed by atoms with Gasteiger partial charge in [-0.2, -0.15) is 16.8 Å². The van der Waals surface area contributed by atoms with Gasteiger partial charge in [-0.25, -0.2) is 0 Å². The minimum Gasteiger partial charge on any atom is -1.00 e. The van der Waals surface area contributed by atoms with E-state index in [1.165, 1.54) is 24.3 Å². The fourth-order valence-electron chi connectivity index (χ4n) is 3.86. The zero-order valence-corrected chi connectivity index (χ0v) is 22.6. The molecular formula is C21H18Na2O6S2. The standard InChI is InChI=1S/C21H16O6S2.2Na.2H/c22-28(23,24)21(29(25,26)27,19-13-5-9-15-7-1-3-11-17(15)19)20-14-6-10-16-8-2-4-12-18(16)20;;;;/h1-14H,(H,22,23,24)(H,25,26,27);;;;/q;2*+1;2*-1. The van der Waals surface area contributed by atoms with Crippen LogP contribution in [0, 0.1) is 0 Å². The summed E-state index contributed by atoms with van der Waals surface area (Å²) < 4.78 is 68.7. The molecular weight excluding hydrogens is 458 g/mol. The summed E-state index contributed by atoms with van der Waals surface area (Å²) in [5, 5.41) is 1.67. The average Bonchev–Trinajstić information content (AvgIpc) is 2.67. The second-order valence-electron chi connectivity index (χ2n) is 6.62. The van der Waals surface area contributed by atoms with Gasteiger partial charge in [0.1, 0.15) is 0 Å². The van der Waals surface area contributed by atoms with Gasteiger partial charge in [0.15, 0.2) is 0 Å². The van der Waals surface area contributed by atoms with Crippen molar-refractivity contribution in [3.05, 3.63) is 96.1 Å². The van der Waals surface area contributed by atoms with Crippen LogP contribution >= 0.6 is 0 Å². The van der Waals surface area contributed by atoms with Gasteiger partial charge in [0.2, 0.25) is 0 Å². The van der Waals surface area contributed by atoms with Crippen LogP contribution in [-0.2, 0) is 24.3 Å². The van der Waals surface area contributed by atoms with E-state index < -0.39 is 24.3 Å². The Kier molecular flexibility index (Phi) is 8.20. The monoisotopic (exact) mass is 476 g/mol. The Bertz CT molecular complexity index is 1350. The molecule has 4 aromatic rings. The number of fused-ring (bicyclic) bond motifs is 2. The zero-order valence-electron chi connectivity index (χ0n) is 18.9. The van der Waals surface area contributed by atoms with Crippen molar-refractivity contribution in [2.24, 2.45) is 0 Å². The quantitative estimate of drug-likeness (QED) is 0.266. The van der Waals surface area contributed by atoms with Gasteiger partial charge in [-0.1, -0.05) is 84.9 Å². The molecule has 4 aromatic carbocycles. The van der Waals surface area contributed by atoms with Gasteiger partial charge >= 0.3 is 59.1 Å². The number of hydrogen-bond acceptors (Lipinski definition) is 4. The normalized spacial score (nSPS) is 12.2. The van der Waals surface area contributed by atoms with Gasteiger partial charge in [-0.3, -0.25) is 9.11 Å². The van der Waals surface area contributed by atoms with Crippen molar-refractivity contribution >= 4 is 41.8 Å². The van der Waals surface area contributed by atoms with Crippen molar-refractivity contribution < 1.29 is 87.9 Å². The minimum atomic E-state index is -5.41. The molecule has 0 heterocycles. The zero-order chi connectivity index (χ0) is 20.9. The molecule has 0 amide bonds. The summed E-state index contributed by atoms with van der Waals surface area (Å²) in [5.41, 5.74) is -0.506. The van der Waals surface area contributed by atoms with Crippen LogP contribution in [-0.4, -0.2) is 25.9 Å². The van der Waals surface area contributed by atoms with Gasteiger partial charge < -0.3 is 2.85 Å². The Morgan fingerprint density at radius 1 is 0.548 bits per heavy atom. The van der Waals surface area contributed by atoms with E-state index in [-0.39, 0.29) is 83.9 Å². The molecule has 0 aliphatic rings. The molecule has 0 saturated carbocycles. The maximum absolute atomic E-state index is 12.8. The van der Waals surface area contributed by atoms with E-state index in [1.54, 1.807) is 60.7 Å². The molecule has 0 aliphatic carbocycles. The number of rotatable bonds is 4. The van der Waals surface area contributed by atoms with E-state index >= 15 is 0 Å². The van der Waals surface area contributed by atoms with Crippen LogP contribution in [0.3, 0.4) is 0 Å². The van der Waals surface area contributed by atoms with Crippen LogP contribution < -0.4 is 59.1 Å². The fraction of sp³-hybridized carbons (Fsp3) is 0.0476. The molecule has 0 saturated heterocycles. The molecule has 0 spiro atoms. The van der Waals surface area contributed by atoms with Gasteiger partial charge in [0.25, 0.3) is 24.3 Å². The molecule has 2 N–H and O–H groups in total. The first-order valence-corrected chi connectivity index (χ1v) is 11.5. The van der Waals surface area contributed by atoms with E-state index in [0.717, 1.165) is 0 Å². The molecule has 0 aliphatic heterocycles. The molecule has 152 valence electrons. The van der Waals surface area contributed by atoms with E-state index in [0.29, 0.717) is 10.8 Å². The third kappa shape index (κ3) is 4.27. The maximum Gasteiger partial charge on any atom is 1.00 e. The Hall–Kier alpha value is -0.780. The molecule has 0 radical (unpaired) electrons. The molecule has 31 heavy (non-hydrogen) atoms. The maximum atomic E-state index is 12.8. The smallest absolute Gasteiger partial charge is 1.00 e. The molecule has 0 unspecified atom stereocenters. The van der Waals surface area contributed by atoms with Crippen molar-refractivity contribution in [2.75, 3.05) is 0 Å². The second-order valence-corrected chi connectivity index (χ2v) is 10.0. The van der Waals surface area contributed by atoms with Gasteiger partial charge in [0.05, 0.1) is 0 Å². The van der Waals surface area contributed by atoms with Gasteiger partial charge in [-0.15, -0.1) is 0 Å². The summed E-state index contributed by atoms with van der Waals surface area (Å²) >= 11 is 0. The van der Waals surface area contributed by atoms with Crippen LogP contribution in [0.25, 0.3) is 21.5 Å². The van der Waals surface area contributed by atoms with Crippen molar-refractivity contribution in [1.82, 2.24) is 0 Å². The summed E-state index contributed by atoms with van der Waals surface area (Å²) in [6.45, 7) is 0. The Morgan fingerprint density at radius 3 is 1.23 bits per heavy atom. The third-order valence-corrected chi connectivity index (χ3v) is 8.61. The van der Waals surface area contributed by atoms with Crippen molar-refractivity contribution in [1.29, 1.82) is 0 Å². The number of hydrogen-bond donors (Lipinski definition) is 2. The molecule has 0 bridgehead atoms. The molecule has 0 atom stereocenters.